The molecule has 0 aromatic carbocycles. The van der Waals surface area contributed by atoms with Gasteiger partial charge < -0.3 is 4.74 Å². The summed E-state index contributed by atoms with van der Waals surface area (Å²) in [5, 5.41) is 0. The highest BCUT2D eigenvalue weighted by Gasteiger charge is 2.23. The predicted octanol–water partition coefficient (Wildman–Crippen LogP) is 0.0214. The van der Waals surface area contributed by atoms with Gasteiger partial charge in [0.1, 0.15) is 0 Å². The Labute approximate surface area is 83.9 Å². The van der Waals surface area contributed by atoms with E-state index in [0.717, 1.165) is 25.7 Å². The number of nitrogens with one attached hydrogen (secondary N) is 1. The lowest BCUT2D eigenvalue weighted by Gasteiger charge is -2.11. The standard InChI is InChI=1S/C8H15NO4S/c1-13-8(10)6-14(11,12)9-7-4-2-3-5-7/h7,9H,2-6H2,1H3. The highest BCUT2D eigenvalue weighted by molar-refractivity contribution is 7.90. The number of ether oxygens (including phenoxy) is 1. The number of methoxy groups -OCH3 is 1. The fourth-order valence-corrected chi connectivity index (χ4v) is 2.81. The quantitative estimate of drug-likeness (QED) is 0.679. The van der Waals surface area contributed by atoms with E-state index in [-0.39, 0.29) is 6.04 Å². The number of carbonyl (C=O) groups is 1. The van der Waals surface area contributed by atoms with Crippen molar-refractivity contribution in [3.63, 3.8) is 0 Å². The minimum absolute atomic E-state index is 0.00431. The Kier molecular flexibility index (Phi) is 3.88. The predicted molar refractivity (Wildman–Crippen MR) is 51.2 cm³/mol. The van der Waals surface area contributed by atoms with Crippen LogP contribution in [-0.2, 0) is 19.6 Å². The summed E-state index contributed by atoms with van der Waals surface area (Å²) in [5.41, 5.74) is 0. The van der Waals surface area contributed by atoms with Crippen molar-refractivity contribution < 1.29 is 17.9 Å². The van der Waals surface area contributed by atoms with Crippen molar-refractivity contribution in [2.45, 2.75) is 31.7 Å². The van der Waals surface area contributed by atoms with E-state index in [0.29, 0.717) is 0 Å². The molecule has 5 nitrogen and oxygen atoms in total. The van der Waals surface area contributed by atoms with Crippen molar-refractivity contribution in [1.29, 1.82) is 0 Å². The van der Waals surface area contributed by atoms with Gasteiger partial charge in [0, 0.05) is 6.04 Å². The van der Waals surface area contributed by atoms with Crippen LogP contribution in [-0.4, -0.2) is 33.3 Å². The summed E-state index contributed by atoms with van der Waals surface area (Å²) in [5.74, 6) is -1.31. The summed E-state index contributed by atoms with van der Waals surface area (Å²) in [6.45, 7) is 0. The van der Waals surface area contributed by atoms with Crippen LogP contribution in [0.25, 0.3) is 0 Å². The Morgan fingerprint density at radius 3 is 2.50 bits per heavy atom. The number of rotatable bonds is 4. The molecular formula is C8H15NO4S. The molecule has 1 saturated carbocycles. The summed E-state index contributed by atoms with van der Waals surface area (Å²) in [6.07, 6.45) is 3.82. The van der Waals surface area contributed by atoms with Crippen molar-refractivity contribution in [3.8, 4) is 0 Å². The number of hydrogen-bond acceptors (Lipinski definition) is 4. The fraction of sp³-hybridized carbons (Fsp3) is 0.875. The molecular weight excluding hydrogens is 206 g/mol. The summed E-state index contributed by atoms with van der Waals surface area (Å²) in [6, 6.07) is 0.00431. The summed E-state index contributed by atoms with van der Waals surface area (Å²) < 4.78 is 29.5. The zero-order valence-electron chi connectivity index (χ0n) is 8.15. The van der Waals surface area contributed by atoms with Crippen molar-refractivity contribution >= 4 is 16.0 Å². The van der Waals surface area contributed by atoms with Crippen molar-refractivity contribution in [3.05, 3.63) is 0 Å². The topological polar surface area (TPSA) is 72.5 Å². The van der Waals surface area contributed by atoms with Gasteiger partial charge in [0.05, 0.1) is 7.11 Å². The van der Waals surface area contributed by atoms with E-state index in [1.165, 1.54) is 7.11 Å². The molecule has 1 aliphatic carbocycles. The second-order valence-corrected chi connectivity index (χ2v) is 5.19. The third kappa shape index (κ3) is 3.63. The first-order valence-electron chi connectivity index (χ1n) is 4.60. The van der Waals surface area contributed by atoms with Gasteiger partial charge in [-0.3, -0.25) is 4.79 Å². The summed E-state index contributed by atoms with van der Waals surface area (Å²) in [7, 11) is -2.33. The zero-order valence-corrected chi connectivity index (χ0v) is 8.97. The second-order valence-electron chi connectivity index (χ2n) is 3.43. The van der Waals surface area contributed by atoms with E-state index in [9.17, 15) is 13.2 Å². The average molecular weight is 221 g/mol. The van der Waals surface area contributed by atoms with E-state index < -0.39 is 21.7 Å². The number of esters is 1. The molecule has 0 radical (unpaired) electrons. The van der Waals surface area contributed by atoms with Crippen LogP contribution in [0, 0.1) is 0 Å². The molecule has 0 unspecified atom stereocenters. The number of sulfonamides is 1. The van der Waals surface area contributed by atoms with Gasteiger partial charge in [0.25, 0.3) is 0 Å². The second kappa shape index (κ2) is 4.75. The lowest BCUT2D eigenvalue weighted by molar-refractivity contribution is -0.137. The van der Waals surface area contributed by atoms with Crippen LogP contribution in [0.5, 0.6) is 0 Å². The third-order valence-corrected chi connectivity index (χ3v) is 3.55. The summed E-state index contributed by atoms with van der Waals surface area (Å²) >= 11 is 0. The fourth-order valence-electron chi connectivity index (χ4n) is 1.55. The van der Waals surface area contributed by atoms with Crippen LogP contribution in [0.3, 0.4) is 0 Å². The van der Waals surface area contributed by atoms with Crippen LogP contribution in [0.2, 0.25) is 0 Å². The Morgan fingerprint density at radius 1 is 1.43 bits per heavy atom. The Bertz CT molecular complexity index is 292. The maximum atomic E-state index is 11.3. The first kappa shape index (κ1) is 11.5. The molecule has 82 valence electrons. The molecule has 0 heterocycles. The molecule has 0 amide bonds. The van der Waals surface area contributed by atoms with Crippen LogP contribution in [0.4, 0.5) is 0 Å². The monoisotopic (exact) mass is 221 g/mol. The molecule has 6 heteroatoms. The Hall–Kier alpha value is -0.620. The SMILES string of the molecule is COC(=O)CS(=O)(=O)NC1CCCC1. The third-order valence-electron chi connectivity index (χ3n) is 2.24. The Balaban J connectivity index is 2.44. The lowest BCUT2D eigenvalue weighted by Crippen LogP contribution is -2.36. The lowest BCUT2D eigenvalue weighted by atomic mass is 10.3. The number of carbonyl (C=O) groups excluding carboxylic acids is 1. The van der Waals surface area contributed by atoms with Gasteiger partial charge in [-0.15, -0.1) is 0 Å². The molecule has 0 spiro atoms. The first-order valence-corrected chi connectivity index (χ1v) is 6.25. The molecule has 0 saturated heterocycles. The molecule has 0 aromatic heterocycles. The maximum absolute atomic E-state index is 11.3. The maximum Gasteiger partial charge on any atom is 0.322 e. The molecule has 0 atom stereocenters. The normalized spacial score (nSPS) is 18.4. The van der Waals surface area contributed by atoms with Crippen molar-refractivity contribution in [1.82, 2.24) is 4.72 Å². The van der Waals surface area contributed by atoms with Gasteiger partial charge in [-0.05, 0) is 12.8 Å². The van der Waals surface area contributed by atoms with Gasteiger partial charge in [0.15, 0.2) is 5.75 Å². The molecule has 1 fully saturated rings. The largest absolute Gasteiger partial charge is 0.468 e. The van der Waals surface area contributed by atoms with E-state index in [1.807, 2.05) is 0 Å². The van der Waals surface area contributed by atoms with E-state index in [4.69, 9.17) is 0 Å². The minimum Gasteiger partial charge on any atom is -0.468 e. The minimum atomic E-state index is -3.50. The molecule has 0 bridgehead atoms. The molecule has 14 heavy (non-hydrogen) atoms. The van der Waals surface area contributed by atoms with Gasteiger partial charge in [-0.1, -0.05) is 12.8 Å². The molecule has 1 aliphatic rings. The molecule has 1 N–H and O–H groups in total. The summed E-state index contributed by atoms with van der Waals surface area (Å²) in [4.78, 5) is 10.8. The van der Waals surface area contributed by atoms with E-state index in [1.54, 1.807) is 0 Å². The van der Waals surface area contributed by atoms with E-state index >= 15 is 0 Å². The molecule has 0 aliphatic heterocycles. The molecule has 1 rings (SSSR count). The van der Waals surface area contributed by atoms with E-state index in [2.05, 4.69) is 9.46 Å². The smallest absolute Gasteiger partial charge is 0.322 e. The Morgan fingerprint density at radius 2 is 2.00 bits per heavy atom. The van der Waals surface area contributed by atoms with Crippen LogP contribution in [0.1, 0.15) is 25.7 Å². The molecule has 0 aromatic rings. The first-order chi connectivity index (χ1) is 6.53. The van der Waals surface area contributed by atoms with Crippen molar-refractivity contribution in [2.75, 3.05) is 12.9 Å². The van der Waals surface area contributed by atoms with Crippen molar-refractivity contribution in [2.24, 2.45) is 0 Å². The van der Waals surface area contributed by atoms with Crippen LogP contribution in [0.15, 0.2) is 0 Å². The van der Waals surface area contributed by atoms with Gasteiger partial charge in [-0.2, -0.15) is 0 Å². The van der Waals surface area contributed by atoms with Crippen LogP contribution < -0.4 is 4.72 Å². The van der Waals surface area contributed by atoms with Crippen LogP contribution >= 0.6 is 0 Å². The highest BCUT2D eigenvalue weighted by Crippen LogP contribution is 2.18. The van der Waals surface area contributed by atoms with Gasteiger partial charge in [0.2, 0.25) is 10.0 Å². The number of hydrogen-bond donors (Lipinski definition) is 1. The highest BCUT2D eigenvalue weighted by atomic mass is 32.2. The average Bonchev–Trinajstić information content (AvgIpc) is 2.54. The van der Waals surface area contributed by atoms with Gasteiger partial charge in [-0.25, -0.2) is 13.1 Å². The zero-order chi connectivity index (χ0) is 10.6. The van der Waals surface area contributed by atoms with Gasteiger partial charge >= 0.3 is 5.97 Å².